The van der Waals surface area contributed by atoms with Gasteiger partial charge in [-0.15, -0.1) is 0 Å². The number of amides is 1. The summed E-state index contributed by atoms with van der Waals surface area (Å²) < 4.78 is 26.0. The van der Waals surface area contributed by atoms with Gasteiger partial charge in [-0.2, -0.15) is 0 Å². The maximum atomic E-state index is 12.9. The molecule has 0 saturated carbocycles. The third kappa shape index (κ3) is 5.26. The van der Waals surface area contributed by atoms with E-state index in [1.807, 2.05) is 45.0 Å². The number of aryl methyl sites for hydroxylation is 2. The van der Waals surface area contributed by atoms with Crippen LogP contribution in [0.4, 0.5) is 5.69 Å². The van der Waals surface area contributed by atoms with Gasteiger partial charge in [0.1, 0.15) is 6.04 Å². The van der Waals surface area contributed by atoms with E-state index in [0.717, 1.165) is 27.3 Å². The minimum Gasteiger partial charge on any atom is -0.347 e. The molecule has 2 atom stereocenters. The van der Waals surface area contributed by atoms with Crippen LogP contribution >= 0.6 is 11.6 Å². The van der Waals surface area contributed by atoms with Crippen molar-refractivity contribution in [3.63, 3.8) is 0 Å². The van der Waals surface area contributed by atoms with Crippen LogP contribution in [0.2, 0.25) is 5.02 Å². The van der Waals surface area contributed by atoms with E-state index in [1.165, 1.54) is 0 Å². The molecule has 0 saturated heterocycles. The van der Waals surface area contributed by atoms with Crippen LogP contribution < -0.4 is 9.62 Å². The average molecular weight is 423 g/mol. The summed E-state index contributed by atoms with van der Waals surface area (Å²) in [6.07, 6.45) is 1.78. The molecule has 0 aliphatic rings. The Hall–Kier alpha value is -2.05. The number of anilines is 1. The Morgan fingerprint density at radius 3 is 2.25 bits per heavy atom. The molecule has 2 aromatic carbocycles. The summed E-state index contributed by atoms with van der Waals surface area (Å²) in [5.74, 6) is -0.366. The van der Waals surface area contributed by atoms with Gasteiger partial charge in [0.2, 0.25) is 15.9 Å². The first-order chi connectivity index (χ1) is 13.0. The highest BCUT2D eigenvalue weighted by atomic mass is 35.5. The Bertz CT molecular complexity index is 943. The van der Waals surface area contributed by atoms with Crippen LogP contribution in [0.1, 0.15) is 43.0 Å². The van der Waals surface area contributed by atoms with Crippen molar-refractivity contribution in [3.05, 3.63) is 64.2 Å². The second-order valence-corrected chi connectivity index (χ2v) is 9.32. The highest BCUT2D eigenvalue weighted by Crippen LogP contribution is 2.27. The molecule has 0 bridgehead atoms. The molecular weight excluding hydrogens is 396 g/mol. The Balaban J connectivity index is 2.30. The molecule has 152 valence electrons. The molecule has 0 aromatic heterocycles. The molecule has 0 aliphatic heterocycles. The van der Waals surface area contributed by atoms with Crippen molar-refractivity contribution in [1.29, 1.82) is 0 Å². The van der Waals surface area contributed by atoms with Crippen LogP contribution in [0.15, 0.2) is 42.5 Å². The summed E-state index contributed by atoms with van der Waals surface area (Å²) in [7, 11) is -3.69. The molecule has 28 heavy (non-hydrogen) atoms. The van der Waals surface area contributed by atoms with E-state index in [1.54, 1.807) is 25.1 Å². The van der Waals surface area contributed by atoms with E-state index >= 15 is 0 Å². The number of benzene rings is 2. The summed E-state index contributed by atoms with van der Waals surface area (Å²) in [6, 6.07) is 11.8. The van der Waals surface area contributed by atoms with Gasteiger partial charge in [0.15, 0.2) is 0 Å². The maximum absolute atomic E-state index is 12.9. The number of hydrogen-bond donors (Lipinski definition) is 1. The van der Waals surface area contributed by atoms with Crippen molar-refractivity contribution in [2.45, 2.75) is 46.2 Å². The standard InChI is InChI=1S/C21H27ClN2O3S/c1-6-20(17-10-7-14(2)8-11-17)23-21(25)16(4)24(28(5,26)27)18-12-9-15(3)19(22)13-18/h7-13,16,20H,6H2,1-5H3,(H,23,25)/t16-,20-/m0/s1. The van der Waals surface area contributed by atoms with Crippen molar-refractivity contribution in [1.82, 2.24) is 5.32 Å². The number of rotatable bonds is 7. The van der Waals surface area contributed by atoms with Gasteiger partial charge in [-0.1, -0.05) is 54.4 Å². The summed E-state index contributed by atoms with van der Waals surface area (Å²) in [6.45, 7) is 7.39. The van der Waals surface area contributed by atoms with Crippen molar-refractivity contribution in [2.24, 2.45) is 0 Å². The number of sulfonamides is 1. The molecule has 1 amide bonds. The molecule has 7 heteroatoms. The number of nitrogens with one attached hydrogen (secondary N) is 1. The quantitative estimate of drug-likeness (QED) is 0.720. The minimum atomic E-state index is -3.69. The highest BCUT2D eigenvalue weighted by Gasteiger charge is 2.30. The van der Waals surface area contributed by atoms with Crippen LogP contribution in [0.5, 0.6) is 0 Å². The van der Waals surface area contributed by atoms with Crippen LogP contribution in [0.3, 0.4) is 0 Å². The fraction of sp³-hybridized carbons (Fsp3) is 0.381. The lowest BCUT2D eigenvalue weighted by Gasteiger charge is -2.30. The molecule has 0 spiro atoms. The Morgan fingerprint density at radius 2 is 1.75 bits per heavy atom. The number of carbonyl (C=O) groups is 1. The van der Waals surface area contributed by atoms with Crippen molar-refractivity contribution in [2.75, 3.05) is 10.6 Å². The van der Waals surface area contributed by atoms with Gasteiger partial charge in [-0.05, 0) is 50.5 Å². The van der Waals surface area contributed by atoms with Gasteiger partial charge in [-0.3, -0.25) is 9.10 Å². The van der Waals surface area contributed by atoms with Crippen LogP contribution in [0, 0.1) is 13.8 Å². The molecule has 0 radical (unpaired) electrons. The zero-order valence-electron chi connectivity index (χ0n) is 16.9. The molecule has 2 rings (SSSR count). The number of nitrogens with zero attached hydrogens (tertiary/aromatic N) is 1. The third-order valence-corrected chi connectivity index (χ3v) is 6.35. The normalized spacial score (nSPS) is 13.6. The lowest BCUT2D eigenvalue weighted by molar-refractivity contribution is -0.122. The highest BCUT2D eigenvalue weighted by molar-refractivity contribution is 7.92. The molecule has 0 heterocycles. The predicted molar refractivity (Wildman–Crippen MR) is 115 cm³/mol. The Labute approximate surface area is 172 Å². The van der Waals surface area contributed by atoms with Crippen LogP contribution in [-0.4, -0.2) is 26.6 Å². The zero-order chi connectivity index (χ0) is 21.1. The van der Waals surface area contributed by atoms with Crippen molar-refractivity contribution < 1.29 is 13.2 Å². The molecule has 0 fully saturated rings. The largest absolute Gasteiger partial charge is 0.347 e. The van der Waals surface area contributed by atoms with Crippen LogP contribution in [0.25, 0.3) is 0 Å². The van der Waals surface area contributed by atoms with E-state index in [-0.39, 0.29) is 11.9 Å². The summed E-state index contributed by atoms with van der Waals surface area (Å²) in [4.78, 5) is 12.9. The zero-order valence-corrected chi connectivity index (χ0v) is 18.4. The molecule has 0 unspecified atom stereocenters. The lowest BCUT2D eigenvalue weighted by atomic mass is 10.0. The Kier molecular flexibility index (Phi) is 7.12. The smallest absolute Gasteiger partial charge is 0.244 e. The Morgan fingerprint density at radius 1 is 1.14 bits per heavy atom. The maximum Gasteiger partial charge on any atom is 0.244 e. The first-order valence-corrected chi connectivity index (χ1v) is 11.4. The lowest BCUT2D eigenvalue weighted by Crippen LogP contribution is -2.48. The molecule has 5 nitrogen and oxygen atoms in total. The summed E-state index contributed by atoms with van der Waals surface area (Å²) in [5.41, 5.74) is 3.32. The average Bonchev–Trinajstić information content (AvgIpc) is 2.62. The monoisotopic (exact) mass is 422 g/mol. The first-order valence-electron chi connectivity index (χ1n) is 9.17. The predicted octanol–water partition coefficient (Wildman–Crippen LogP) is 4.38. The minimum absolute atomic E-state index is 0.196. The number of carbonyl (C=O) groups excluding carboxylic acids is 1. The second kappa shape index (κ2) is 8.97. The van der Waals surface area contributed by atoms with E-state index in [9.17, 15) is 13.2 Å². The second-order valence-electron chi connectivity index (χ2n) is 7.05. The van der Waals surface area contributed by atoms with E-state index < -0.39 is 16.1 Å². The molecule has 0 aliphatic carbocycles. The fourth-order valence-corrected chi connectivity index (χ4v) is 4.38. The van der Waals surface area contributed by atoms with Gasteiger partial charge >= 0.3 is 0 Å². The van der Waals surface area contributed by atoms with Gasteiger partial charge in [0.25, 0.3) is 0 Å². The SMILES string of the molecule is CC[C@H](NC(=O)[C@H](C)N(c1ccc(C)c(Cl)c1)S(C)(=O)=O)c1ccc(C)cc1. The molecule has 1 N–H and O–H groups in total. The topological polar surface area (TPSA) is 66.5 Å². The van der Waals surface area contributed by atoms with Gasteiger partial charge in [-0.25, -0.2) is 8.42 Å². The molecule has 2 aromatic rings. The van der Waals surface area contributed by atoms with Crippen LogP contribution in [-0.2, 0) is 14.8 Å². The summed E-state index contributed by atoms with van der Waals surface area (Å²) in [5, 5.41) is 3.42. The van der Waals surface area contributed by atoms with Crippen molar-refractivity contribution in [3.8, 4) is 0 Å². The third-order valence-electron chi connectivity index (χ3n) is 4.70. The molecular formula is C21H27ClN2O3S. The van der Waals surface area contributed by atoms with Gasteiger partial charge < -0.3 is 5.32 Å². The first kappa shape index (κ1) is 22.2. The number of halogens is 1. The fourth-order valence-electron chi connectivity index (χ4n) is 3.04. The van der Waals surface area contributed by atoms with Gasteiger partial charge in [0.05, 0.1) is 18.0 Å². The van der Waals surface area contributed by atoms with Gasteiger partial charge in [0, 0.05) is 5.02 Å². The summed E-state index contributed by atoms with van der Waals surface area (Å²) >= 11 is 6.17. The van der Waals surface area contributed by atoms with E-state index in [2.05, 4.69) is 5.32 Å². The van der Waals surface area contributed by atoms with E-state index in [0.29, 0.717) is 17.1 Å². The van der Waals surface area contributed by atoms with Crippen molar-refractivity contribution >= 4 is 33.2 Å². The van der Waals surface area contributed by atoms with E-state index in [4.69, 9.17) is 11.6 Å². The number of hydrogen-bond acceptors (Lipinski definition) is 3.